The van der Waals surface area contributed by atoms with Crippen LogP contribution in [0.15, 0.2) is 55.0 Å². The average Bonchev–Trinajstić information content (AvgIpc) is 2.53. The Labute approximate surface area is 126 Å². The summed E-state index contributed by atoms with van der Waals surface area (Å²) in [6, 6.07) is 11.0. The molecule has 2 heterocycles. The van der Waals surface area contributed by atoms with Crippen molar-refractivity contribution in [1.82, 2.24) is 15.3 Å². The van der Waals surface area contributed by atoms with Gasteiger partial charge in [0.2, 0.25) is 0 Å². The topological polar surface area (TPSA) is 54.9 Å². The molecule has 1 aromatic carbocycles. The minimum atomic E-state index is -0.123. The third-order valence-electron chi connectivity index (χ3n) is 3.11. The van der Waals surface area contributed by atoms with Crippen molar-refractivity contribution in [3.05, 3.63) is 71.1 Å². The molecule has 0 aliphatic carbocycles. The highest BCUT2D eigenvalue weighted by Crippen LogP contribution is 2.18. The Morgan fingerprint density at radius 1 is 1.14 bits per heavy atom. The Kier molecular flexibility index (Phi) is 3.79. The first-order chi connectivity index (χ1) is 10.2. The van der Waals surface area contributed by atoms with Crippen LogP contribution in [0.4, 0.5) is 0 Å². The van der Waals surface area contributed by atoms with Gasteiger partial charge in [-0.3, -0.25) is 14.8 Å². The van der Waals surface area contributed by atoms with Crippen LogP contribution in [0.3, 0.4) is 0 Å². The summed E-state index contributed by atoms with van der Waals surface area (Å²) in [5.41, 5.74) is 2.47. The number of nitrogens with zero attached hydrogens (tertiary/aromatic N) is 2. The maximum absolute atomic E-state index is 12.0. The molecule has 0 fully saturated rings. The molecule has 4 nitrogen and oxygen atoms in total. The highest BCUT2D eigenvalue weighted by Gasteiger charge is 2.05. The number of pyridine rings is 2. The van der Waals surface area contributed by atoms with Gasteiger partial charge < -0.3 is 5.32 Å². The lowest BCUT2D eigenvalue weighted by molar-refractivity contribution is 0.0951. The molecule has 3 aromatic rings. The molecule has 104 valence electrons. The van der Waals surface area contributed by atoms with Gasteiger partial charge >= 0.3 is 0 Å². The Balaban J connectivity index is 1.75. The summed E-state index contributed by atoms with van der Waals surface area (Å²) in [6.07, 6.45) is 4.81. The number of rotatable bonds is 3. The Hall–Kier alpha value is -2.46. The fourth-order valence-corrected chi connectivity index (χ4v) is 2.22. The lowest BCUT2D eigenvalue weighted by atomic mass is 10.1. The smallest absolute Gasteiger partial charge is 0.251 e. The summed E-state index contributed by atoms with van der Waals surface area (Å²) in [4.78, 5) is 20.1. The summed E-state index contributed by atoms with van der Waals surface area (Å²) in [5.74, 6) is -0.123. The molecule has 0 saturated heterocycles. The summed E-state index contributed by atoms with van der Waals surface area (Å²) < 4.78 is 0. The van der Waals surface area contributed by atoms with Gasteiger partial charge in [-0.05, 0) is 35.9 Å². The molecule has 0 aliphatic rings. The zero-order valence-corrected chi connectivity index (χ0v) is 11.8. The number of halogens is 1. The largest absolute Gasteiger partial charge is 0.348 e. The fourth-order valence-electron chi connectivity index (χ4n) is 2.05. The lowest BCUT2D eigenvalue weighted by Crippen LogP contribution is -2.22. The van der Waals surface area contributed by atoms with Crippen molar-refractivity contribution in [2.45, 2.75) is 6.54 Å². The van der Waals surface area contributed by atoms with Crippen molar-refractivity contribution in [2.75, 3.05) is 0 Å². The molecule has 0 radical (unpaired) electrons. The third kappa shape index (κ3) is 3.17. The van der Waals surface area contributed by atoms with E-state index in [4.69, 9.17) is 11.6 Å². The SMILES string of the molecule is O=C(NCc1ccc2ncc(Cl)cc2c1)c1ccncc1. The number of aromatic nitrogens is 2. The number of benzene rings is 1. The minimum absolute atomic E-state index is 0.123. The van der Waals surface area contributed by atoms with Crippen LogP contribution < -0.4 is 5.32 Å². The van der Waals surface area contributed by atoms with E-state index in [0.717, 1.165) is 16.5 Å². The van der Waals surface area contributed by atoms with Gasteiger partial charge in [0.05, 0.1) is 10.5 Å². The molecular weight excluding hydrogens is 286 g/mol. The predicted molar refractivity (Wildman–Crippen MR) is 82.2 cm³/mol. The molecule has 1 amide bonds. The molecule has 0 saturated carbocycles. The first-order valence-corrected chi connectivity index (χ1v) is 6.82. The molecule has 1 N–H and O–H groups in total. The molecule has 0 bridgehead atoms. The van der Waals surface area contributed by atoms with Crippen LogP contribution >= 0.6 is 11.6 Å². The van der Waals surface area contributed by atoms with Gasteiger partial charge in [-0.1, -0.05) is 17.7 Å². The summed E-state index contributed by atoms with van der Waals surface area (Å²) >= 11 is 5.94. The normalized spacial score (nSPS) is 10.5. The van der Waals surface area contributed by atoms with E-state index in [-0.39, 0.29) is 5.91 Å². The van der Waals surface area contributed by atoms with E-state index in [1.165, 1.54) is 0 Å². The first-order valence-electron chi connectivity index (χ1n) is 6.45. The molecule has 0 aliphatic heterocycles. The average molecular weight is 298 g/mol. The van der Waals surface area contributed by atoms with Gasteiger partial charge in [0.15, 0.2) is 0 Å². The third-order valence-corrected chi connectivity index (χ3v) is 3.31. The van der Waals surface area contributed by atoms with Crippen molar-refractivity contribution in [1.29, 1.82) is 0 Å². The van der Waals surface area contributed by atoms with Crippen molar-refractivity contribution in [3.8, 4) is 0 Å². The van der Waals surface area contributed by atoms with Crippen LogP contribution in [0.2, 0.25) is 5.02 Å². The van der Waals surface area contributed by atoms with Crippen LogP contribution in [0.1, 0.15) is 15.9 Å². The molecule has 0 spiro atoms. The highest BCUT2D eigenvalue weighted by atomic mass is 35.5. The molecule has 5 heteroatoms. The van der Waals surface area contributed by atoms with Gasteiger partial charge in [-0.2, -0.15) is 0 Å². The molecule has 2 aromatic heterocycles. The van der Waals surface area contributed by atoms with Crippen LogP contribution in [-0.2, 0) is 6.54 Å². The molecule has 0 unspecified atom stereocenters. The van der Waals surface area contributed by atoms with E-state index >= 15 is 0 Å². The molecule has 0 atom stereocenters. The van der Waals surface area contributed by atoms with E-state index < -0.39 is 0 Å². The minimum Gasteiger partial charge on any atom is -0.348 e. The summed E-state index contributed by atoms with van der Waals surface area (Å²) in [6.45, 7) is 0.448. The second-order valence-corrected chi connectivity index (χ2v) is 5.04. The maximum Gasteiger partial charge on any atom is 0.251 e. The van der Waals surface area contributed by atoms with Gasteiger partial charge in [0.25, 0.3) is 5.91 Å². The van der Waals surface area contributed by atoms with E-state index in [1.807, 2.05) is 24.3 Å². The van der Waals surface area contributed by atoms with Crippen molar-refractivity contribution >= 4 is 28.4 Å². The van der Waals surface area contributed by atoms with E-state index in [9.17, 15) is 4.79 Å². The van der Waals surface area contributed by atoms with Crippen LogP contribution in [-0.4, -0.2) is 15.9 Å². The van der Waals surface area contributed by atoms with Crippen LogP contribution in [0.25, 0.3) is 10.9 Å². The number of carbonyl (C=O) groups is 1. The van der Waals surface area contributed by atoms with Crippen LogP contribution in [0, 0.1) is 0 Å². The lowest BCUT2D eigenvalue weighted by Gasteiger charge is -2.06. The molecular formula is C16H12ClN3O. The van der Waals surface area contributed by atoms with Crippen molar-refractivity contribution < 1.29 is 4.79 Å². The highest BCUT2D eigenvalue weighted by molar-refractivity contribution is 6.31. The monoisotopic (exact) mass is 297 g/mol. The van der Waals surface area contributed by atoms with Gasteiger partial charge in [0, 0.05) is 36.1 Å². The standard InChI is InChI=1S/C16H12ClN3O/c17-14-8-13-7-11(1-2-15(13)19-10-14)9-20-16(21)12-3-5-18-6-4-12/h1-8,10H,9H2,(H,20,21). The Morgan fingerprint density at radius 3 is 2.76 bits per heavy atom. The number of carbonyl (C=O) groups excluding carboxylic acids is 1. The van der Waals surface area contributed by atoms with E-state index in [0.29, 0.717) is 17.1 Å². The van der Waals surface area contributed by atoms with Crippen molar-refractivity contribution in [3.63, 3.8) is 0 Å². The predicted octanol–water partition coefficient (Wildman–Crippen LogP) is 3.21. The Morgan fingerprint density at radius 2 is 1.95 bits per heavy atom. The second kappa shape index (κ2) is 5.89. The van der Waals surface area contributed by atoms with Gasteiger partial charge in [0.1, 0.15) is 0 Å². The number of hydrogen-bond donors (Lipinski definition) is 1. The number of hydrogen-bond acceptors (Lipinski definition) is 3. The fraction of sp³-hybridized carbons (Fsp3) is 0.0625. The van der Waals surface area contributed by atoms with Crippen LogP contribution in [0.5, 0.6) is 0 Å². The maximum atomic E-state index is 12.0. The van der Waals surface area contributed by atoms with Gasteiger partial charge in [-0.15, -0.1) is 0 Å². The molecule has 21 heavy (non-hydrogen) atoms. The zero-order chi connectivity index (χ0) is 14.7. The van der Waals surface area contributed by atoms with E-state index in [1.54, 1.807) is 30.7 Å². The Bertz CT molecular complexity index is 790. The zero-order valence-electron chi connectivity index (χ0n) is 11.1. The number of fused-ring (bicyclic) bond motifs is 1. The summed E-state index contributed by atoms with van der Waals surface area (Å²) in [7, 11) is 0. The number of amides is 1. The number of nitrogens with one attached hydrogen (secondary N) is 1. The first kappa shape index (κ1) is 13.5. The van der Waals surface area contributed by atoms with Crippen molar-refractivity contribution in [2.24, 2.45) is 0 Å². The second-order valence-electron chi connectivity index (χ2n) is 4.60. The quantitative estimate of drug-likeness (QED) is 0.807. The van der Waals surface area contributed by atoms with E-state index in [2.05, 4.69) is 15.3 Å². The van der Waals surface area contributed by atoms with Gasteiger partial charge in [-0.25, -0.2) is 0 Å². The summed E-state index contributed by atoms with van der Waals surface area (Å²) in [5, 5.41) is 4.43. The molecule has 3 rings (SSSR count).